The standard InChI is InChI=1S/C21H27N3O2/c1-17-8-9-18(14-20(17)26-2)15-23-10-12-24(13-11-23)16-21(25)22-19-6-4-3-5-7-19/h3-9,14H,10-13,15-16H2,1-2H3,(H,22,25). The molecule has 5 nitrogen and oxygen atoms in total. The number of nitrogens with one attached hydrogen (secondary N) is 1. The van der Waals surface area contributed by atoms with E-state index in [0.717, 1.165) is 49.7 Å². The van der Waals surface area contributed by atoms with Gasteiger partial charge in [0.15, 0.2) is 0 Å². The van der Waals surface area contributed by atoms with E-state index in [1.807, 2.05) is 30.3 Å². The summed E-state index contributed by atoms with van der Waals surface area (Å²) in [5.41, 5.74) is 3.28. The van der Waals surface area contributed by atoms with Crippen LogP contribution in [0, 0.1) is 6.92 Å². The highest BCUT2D eigenvalue weighted by atomic mass is 16.5. The molecule has 0 aliphatic carbocycles. The van der Waals surface area contributed by atoms with Crippen LogP contribution in [0.1, 0.15) is 11.1 Å². The van der Waals surface area contributed by atoms with Crippen LogP contribution in [0.5, 0.6) is 5.75 Å². The van der Waals surface area contributed by atoms with Crippen LogP contribution in [0.4, 0.5) is 5.69 Å². The highest BCUT2D eigenvalue weighted by molar-refractivity contribution is 5.92. The van der Waals surface area contributed by atoms with E-state index in [-0.39, 0.29) is 5.91 Å². The van der Waals surface area contributed by atoms with Crippen LogP contribution in [0.15, 0.2) is 48.5 Å². The largest absolute Gasteiger partial charge is 0.496 e. The third-order valence-corrected chi connectivity index (χ3v) is 4.77. The van der Waals surface area contributed by atoms with Crippen molar-refractivity contribution in [3.8, 4) is 5.75 Å². The minimum absolute atomic E-state index is 0.0490. The third kappa shape index (κ3) is 5.07. The van der Waals surface area contributed by atoms with Crippen LogP contribution < -0.4 is 10.1 Å². The number of amides is 1. The number of anilines is 1. The van der Waals surface area contributed by atoms with E-state index in [9.17, 15) is 4.79 Å². The van der Waals surface area contributed by atoms with E-state index < -0.39 is 0 Å². The van der Waals surface area contributed by atoms with Gasteiger partial charge in [0.25, 0.3) is 0 Å². The Labute approximate surface area is 155 Å². The number of hydrogen-bond donors (Lipinski definition) is 1. The summed E-state index contributed by atoms with van der Waals surface area (Å²) in [4.78, 5) is 16.8. The molecule has 5 heteroatoms. The Balaban J connectivity index is 1.44. The summed E-state index contributed by atoms with van der Waals surface area (Å²) in [5.74, 6) is 0.992. The van der Waals surface area contributed by atoms with Crippen LogP contribution >= 0.6 is 0 Å². The SMILES string of the molecule is COc1cc(CN2CCN(CC(=O)Nc3ccccc3)CC2)ccc1C. The van der Waals surface area contributed by atoms with Crippen molar-refractivity contribution in [3.63, 3.8) is 0 Å². The predicted molar refractivity (Wildman–Crippen MR) is 105 cm³/mol. The van der Waals surface area contributed by atoms with Gasteiger partial charge in [-0.25, -0.2) is 0 Å². The van der Waals surface area contributed by atoms with E-state index in [1.165, 1.54) is 5.56 Å². The van der Waals surface area contributed by atoms with Gasteiger partial charge in [0.05, 0.1) is 13.7 Å². The summed E-state index contributed by atoms with van der Waals surface area (Å²) in [5, 5.41) is 2.95. The molecule has 0 aromatic heterocycles. The van der Waals surface area contributed by atoms with Crippen molar-refractivity contribution in [2.24, 2.45) is 0 Å². The molecule has 1 fully saturated rings. The van der Waals surface area contributed by atoms with E-state index in [0.29, 0.717) is 6.54 Å². The summed E-state index contributed by atoms with van der Waals surface area (Å²) < 4.78 is 5.41. The second-order valence-electron chi connectivity index (χ2n) is 6.77. The Morgan fingerprint density at radius 1 is 1.04 bits per heavy atom. The molecule has 0 saturated carbocycles. The van der Waals surface area contributed by atoms with Crippen molar-refractivity contribution >= 4 is 11.6 Å². The molecule has 138 valence electrons. The molecule has 1 amide bonds. The molecule has 2 aromatic carbocycles. The summed E-state index contributed by atoms with van der Waals surface area (Å²) in [6.07, 6.45) is 0. The molecule has 1 heterocycles. The molecule has 26 heavy (non-hydrogen) atoms. The lowest BCUT2D eigenvalue weighted by Crippen LogP contribution is -2.48. The highest BCUT2D eigenvalue weighted by Crippen LogP contribution is 2.20. The molecule has 0 radical (unpaired) electrons. The molecule has 1 N–H and O–H groups in total. The average molecular weight is 353 g/mol. The Kier molecular flexibility index (Phi) is 6.26. The number of methoxy groups -OCH3 is 1. The fourth-order valence-electron chi connectivity index (χ4n) is 3.25. The zero-order chi connectivity index (χ0) is 18.4. The Morgan fingerprint density at radius 3 is 2.42 bits per heavy atom. The van der Waals surface area contributed by atoms with Crippen molar-refractivity contribution in [3.05, 3.63) is 59.7 Å². The Bertz CT molecular complexity index is 725. The van der Waals surface area contributed by atoms with Gasteiger partial charge in [-0.2, -0.15) is 0 Å². The first-order chi connectivity index (χ1) is 12.6. The summed E-state index contributed by atoms with van der Waals surface area (Å²) in [6, 6.07) is 16.0. The lowest BCUT2D eigenvalue weighted by atomic mass is 10.1. The number of aryl methyl sites for hydroxylation is 1. The van der Waals surface area contributed by atoms with Gasteiger partial charge in [0.2, 0.25) is 5.91 Å². The fraction of sp³-hybridized carbons (Fsp3) is 0.381. The molecule has 1 aliphatic rings. The van der Waals surface area contributed by atoms with E-state index >= 15 is 0 Å². The second-order valence-corrected chi connectivity index (χ2v) is 6.77. The molecule has 0 bridgehead atoms. The topological polar surface area (TPSA) is 44.8 Å². The first-order valence-corrected chi connectivity index (χ1v) is 9.07. The Hall–Kier alpha value is -2.37. The van der Waals surface area contributed by atoms with Crippen molar-refractivity contribution in [1.29, 1.82) is 0 Å². The molecule has 1 saturated heterocycles. The summed E-state index contributed by atoms with van der Waals surface area (Å²) in [6.45, 7) is 7.17. The molecule has 0 atom stereocenters. The maximum atomic E-state index is 12.2. The molecule has 0 unspecified atom stereocenters. The molecular weight excluding hydrogens is 326 g/mol. The van der Waals surface area contributed by atoms with E-state index in [1.54, 1.807) is 7.11 Å². The summed E-state index contributed by atoms with van der Waals surface area (Å²) >= 11 is 0. The smallest absolute Gasteiger partial charge is 0.238 e. The van der Waals surface area contributed by atoms with Gasteiger partial charge >= 0.3 is 0 Å². The fourth-order valence-corrected chi connectivity index (χ4v) is 3.25. The van der Waals surface area contributed by atoms with Crippen LogP contribution in [-0.4, -0.2) is 55.5 Å². The number of nitrogens with zero attached hydrogens (tertiary/aromatic N) is 2. The zero-order valence-corrected chi connectivity index (χ0v) is 15.6. The van der Waals surface area contributed by atoms with Gasteiger partial charge in [-0.05, 0) is 36.2 Å². The zero-order valence-electron chi connectivity index (χ0n) is 15.6. The van der Waals surface area contributed by atoms with Gasteiger partial charge in [-0.3, -0.25) is 14.6 Å². The third-order valence-electron chi connectivity index (χ3n) is 4.77. The van der Waals surface area contributed by atoms with Gasteiger partial charge in [-0.15, -0.1) is 0 Å². The van der Waals surface area contributed by atoms with Crippen LogP contribution in [0.3, 0.4) is 0 Å². The maximum Gasteiger partial charge on any atom is 0.238 e. The van der Waals surface area contributed by atoms with Gasteiger partial charge in [-0.1, -0.05) is 30.3 Å². The van der Waals surface area contributed by atoms with Gasteiger partial charge in [0, 0.05) is 38.4 Å². The normalized spacial score (nSPS) is 15.6. The summed E-state index contributed by atoms with van der Waals surface area (Å²) in [7, 11) is 1.71. The molecule has 0 spiro atoms. The van der Waals surface area contributed by atoms with Crippen molar-refractivity contribution in [1.82, 2.24) is 9.80 Å². The Morgan fingerprint density at radius 2 is 1.73 bits per heavy atom. The van der Waals surface area contributed by atoms with Crippen molar-refractivity contribution in [2.45, 2.75) is 13.5 Å². The second kappa shape index (κ2) is 8.83. The van der Waals surface area contributed by atoms with Gasteiger partial charge in [0.1, 0.15) is 5.75 Å². The molecule has 2 aromatic rings. The monoisotopic (exact) mass is 353 g/mol. The number of carbonyl (C=O) groups excluding carboxylic acids is 1. The van der Waals surface area contributed by atoms with E-state index in [4.69, 9.17) is 4.74 Å². The number of para-hydroxylation sites is 1. The number of ether oxygens (including phenoxy) is 1. The lowest BCUT2D eigenvalue weighted by molar-refractivity contribution is -0.117. The number of piperazine rings is 1. The first kappa shape index (κ1) is 18.4. The van der Waals surface area contributed by atoms with Crippen LogP contribution in [-0.2, 0) is 11.3 Å². The lowest BCUT2D eigenvalue weighted by Gasteiger charge is -2.34. The molecular formula is C21H27N3O2. The maximum absolute atomic E-state index is 12.2. The van der Waals surface area contributed by atoms with Crippen molar-refractivity contribution in [2.75, 3.05) is 45.2 Å². The minimum atomic E-state index is 0.0490. The highest BCUT2D eigenvalue weighted by Gasteiger charge is 2.19. The predicted octanol–water partition coefficient (Wildman–Crippen LogP) is 2.76. The van der Waals surface area contributed by atoms with Crippen molar-refractivity contribution < 1.29 is 9.53 Å². The molecule has 1 aliphatic heterocycles. The molecule has 3 rings (SSSR count). The quantitative estimate of drug-likeness (QED) is 0.867. The van der Waals surface area contributed by atoms with E-state index in [2.05, 4.69) is 40.2 Å². The number of hydrogen-bond acceptors (Lipinski definition) is 4. The number of rotatable bonds is 6. The minimum Gasteiger partial charge on any atom is -0.496 e. The van der Waals surface area contributed by atoms with Crippen LogP contribution in [0.2, 0.25) is 0 Å². The number of benzene rings is 2. The van der Waals surface area contributed by atoms with Gasteiger partial charge < -0.3 is 10.1 Å². The number of carbonyl (C=O) groups is 1. The average Bonchev–Trinajstić information content (AvgIpc) is 2.65. The first-order valence-electron chi connectivity index (χ1n) is 9.07. The van der Waals surface area contributed by atoms with Crippen LogP contribution in [0.25, 0.3) is 0 Å².